The highest BCUT2D eigenvalue weighted by atomic mass is 35.5. The monoisotopic (exact) mass is 579 g/mol. The third kappa shape index (κ3) is 6.16. The van der Waals surface area contributed by atoms with Crippen LogP contribution in [0.15, 0.2) is 47.4 Å². The first-order valence-electron chi connectivity index (χ1n) is 12.8. The number of carbonyl (C=O) groups is 3. The van der Waals surface area contributed by atoms with Crippen molar-refractivity contribution in [1.82, 2.24) is 14.5 Å². The maximum atomic E-state index is 13.4. The maximum Gasteiger partial charge on any atom is 0.269 e. The number of amides is 3. The Bertz CT molecular complexity index is 1330. The van der Waals surface area contributed by atoms with Crippen molar-refractivity contribution in [3.63, 3.8) is 0 Å². The van der Waals surface area contributed by atoms with E-state index in [4.69, 9.17) is 23.2 Å². The van der Waals surface area contributed by atoms with Crippen molar-refractivity contribution in [2.75, 3.05) is 6.54 Å². The van der Waals surface area contributed by atoms with Crippen LogP contribution in [0.2, 0.25) is 10.0 Å². The van der Waals surface area contributed by atoms with E-state index < -0.39 is 22.0 Å². The van der Waals surface area contributed by atoms with Crippen LogP contribution in [-0.2, 0) is 26.2 Å². The molecule has 2 aromatic rings. The van der Waals surface area contributed by atoms with Gasteiger partial charge in [-0.05, 0) is 56.0 Å². The normalized spacial score (nSPS) is 17.7. The second-order valence-corrected chi connectivity index (χ2v) is 12.4. The van der Waals surface area contributed by atoms with Crippen LogP contribution in [0.4, 0.5) is 0 Å². The van der Waals surface area contributed by atoms with Gasteiger partial charge in [0.25, 0.3) is 15.9 Å². The number of sulfonamides is 1. The molecule has 1 saturated carbocycles. The fraction of sp³-hybridized carbons (Fsp3) is 0.444. The second kappa shape index (κ2) is 12.1. The van der Waals surface area contributed by atoms with E-state index in [-0.39, 0.29) is 54.2 Å². The highest BCUT2D eigenvalue weighted by molar-refractivity contribution is 7.90. The molecule has 2 aliphatic rings. The Balaban J connectivity index is 1.45. The summed E-state index contributed by atoms with van der Waals surface area (Å²) in [7, 11) is -3.95. The van der Waals surface area contributed by atoms with Crippen molar-refractivity contribution in [1.29, 1.82) is 0 Å². The van der Waals surface area contributed by atoms with Gasteiger partial charge in [-0.1, -0.05) is 60.7 Å². The maximum absolute atomic E-state index is 13.4. The lowest BCUT2D eigenvalue weighted by Gasteiger charge is -2.31. The van der Waals surface area contributed by atoms with Crippen LogP contribution in [0.1, 0.15) is 67.8 Å². The zero-order valence-corrected chi connectivity index (χ0v) is 23.5. The average Bonchev–Trinajstić information content (AvgIpc) is 3.10. The van der Waals surface area contributed by atoms with E-state index in [0.717, 1.165) is 36.4 Å². The second-order valence-electron chi connectivity index (χ2n) is 9.77. The quantitative estimate of drug-likeness (QED) is 0.460. The first kappa shape index (κ1) is 28.4. The molecule has 1 fully saturated rings. The van der Waals surface area contributed by atoms with Crippen molar-refractivity contribution < 1.29 is 22.8 Å². The third-order valence-corrected chi connectivity index (χ3v) is 9.70. The molecule has 11 heteroatoms. The summed E-state index contributed by atoms with van der Waals surface area (Å²) in [4.78, 5) is 40.7. The van der Waals surface area contributed by atoms with Crippen LogP contribution in [0.5, 0.6) is 0 Å². The minimum atomic E-state index is -3.95. The molecule has 1 aliphatic carbocycles. The van der Waals surface area contributed by atoms with Gasteiger partial charge in [-0.3, -0.25) is 14.4 Å². The summed E-state index contributed by atoms with van der Waals surface area (Å²) in [5.74, 6) is -1.16. The Hall–Kier alpha value is -2.62. The van der Waals surface area contributed by atoms with Crippen molar-refractivity contribution in [2.24, 2.45) is 0 Å². The summed E-state index contributed by atoms with van der Waals surface area (Å²) in [6.45, 7) is 1.67. The lowest BCUT2D eigenvalue weighted by molar-refractivity contribution is -0.141. The van der Waals surface area contributed by atoms with E-state index in [1.165, 1.54) is 17.0 Å². The van der Waals surface area contributed by atoms with Crippen molar-refractivity contribution >= 4 is 50.9 Å². The van der Waals surface area contributed by atoms with Crippen LogP contribution in [-0.4, -0.2) is 54.0 Å². The molecule has 1 N–H and O–H groups in total. The predicted molar refractivity (Wildman–Crippen MR) is 145 cm³/mol. The first-order valence-corrected chi connectivity index (χ1v) is 15.0. The molecule has 38 heavy (non-hydrogen) atoms. The van der Waals surface area contributed by atoms with Gasteiger partial charge >= 0.3 is 0 Å². The molecular weight excluding hydrogens is 549 g/mol. The number of nitrogens with one attached hydrogen (secondary N) is 1. The molecule has 8 nitrogen and oxygen atoms in total. The number of fused-ring (bicyclic) bond motifs is 1. The van der Waals surface area contributed by atoms with Gasteiger partial charge in [0, 0.05) is 25.6 Å². The number of hydrogen-bond acceptors (Lipinski definition) is 5. The van der Waals surface area contributed by atoms with Crippen LogP contribution >= 0.6 is 23.2 Å². The van der Waals surface area contributed by atoms with Gasteiger partial charge < -0.3 is 10.2 Å². The van der Waals surface area contributed by atoms with E-state index in [1.54, 1.807) is 37.3 Å². The molecule has 0 radical (unpaired) electrons. The summed E-state index contributed by atoms with van der Waals surface area (Å²) in [6, 6.07) is 10.4. The van der Waals surface area contributed by atoms with Gasteiger partial charge in [-0.15, -0.1) is 0 Å². The molecule has 2 aromatic carbocycles. The molecule has 0 unspecified atom stereocenters. The van der Waals surface area contributed by atoms with Crippen LogP contribution < -0.4 is 5.32 Å². The zero-order chi connectivity index (χ0) is 27.4. The highest BCUT2D eigenvalue weighted by Gasteiger charge is 2.40. The number of nitrogens with zero attached hydrogens (tertiary/aromatic N) is 2. The Morgan fingerprint density at radius 2 is 1.79 bits per heavy atom. The average molecular weight is 581 g/mol. The van der Waals surface area contributed by atoms with E-state index in [2.05, 4.69) is 5.32 Å². The molecule has 1 heterocycles. The molecular formula is C27H31Cl2N3O5S. The molecule has 0 bridgehead atoms. The summed E-state index contributed by atoms with van der Waals surface area (Å²) in [5, 5.41) is 3.80. The van der Waals surface area contributed by atoms with E-state index in [0.29, 0.717) is 15.6 Å². The largest absolute Gasteiger partial charge is 0.352 e. The molecule has 204 valence electrons. The van der Waals surface area contributed by atoms with E-state index in [1.807, 2.05) is 0 Å². The highest BCUT2D eigenvalue weighted by Crippen LogP contribution is 2.30. The topological polar surface area (TPSA) is 104 Å². The Morgan fingerprint density at radius 3 is 2.47 bits per heavy atom. The molecule has 3 amide bonds. The molecule has 0 spiro atoms. The minimum Gasteiger partial charge on any atom is -0.352 e. The van der Waals surface area contributed by atoms with Crippen molar-refractivity contribution in [3.05, 3.63) is 63.6 Å². The summed E-state index contributed by atoms with van der Waals surface area (Å²) < 4.78 is 26.5. The number of carbonyl (C=O) groups excluding carboxylic acids is 3. The summed E-state index contributed by atoms with van der Waals surface area (Å²) in [5.41, 5.74) is 0.839. The molecule has 1 aliphatic heterocycles. The van der Waals surface area contributed by atoms with Gasteiger partial charge in [0.1, 0.15) is 10.9 Å². The molecule has 4 rings (SSSR count). The van der Waals surface area contributed by atoms with E-state index in [9.17, 15) is 22.8 Å². The van der Waals surface area contributed by atoms with Gasteiger partial charge in [-0.2, -0.15) is 0 Å². The zero-order valence-electron chi connectivity index (χ0n) is 21.2. The smallest absolute Gasteiger partial charge is 0.269 e. The number of benzene rings is 2. The SMILES string of the molecule is C[C@@H](C(=O)NC1CCCCC1)N(Cc1ccc(Cl)c(Cl)c1)C(=O)CCCN1C(=O)c2ccccc2S1(=O)=O. The van der Waals surface area contributed by atoms with Crippen LogP contribution in [0.3, 0.4) is 0 Å². The number of halogens is 2. The third-order valence-electron chi connectivity index (χ3n) is 7.12. The molecule has 1 atom stereocenters. The number of hydrogen-bond donors (Lipinski definition) is 1. The number of rotatable bonds is 9. The standard InChI is InChI=1S/C27H31Cl2N3O5S/c1-18(26(34)30-20-8-3-2-4-9-20)31(17-19-13-14-22(28)23(29)16-19)25(33)12-7-15-32-27(35)21-10-5-6-11-24(21)38(32,36)37/h5-6,10-11,13-14,16,18,20H,2-4,7-9,12,15,17H2,1H3,(H,30,34)/t18-/m0/s1. The van der Waals surface area contributed by atoms with Gasteiger partial charge in [-0.25, -0.2) is 12.7 Å². The van der Waals surface area contributed by atoms with Crippen molar-refractivity contribution in [3.8, 4) is 0 Å². The minimum absolute atomic E-state index is 0.0226. The summed E-state index contributed by atoms with van der Waals surface area (Å²) in [6.07, 6.45) is 5.19. The lowest BCUT2D eigenvalue weighted by Crippen LogP contribution is -2.50. The molecule has 0 aromatic heterocycles. The fourth-order valence-corrected chi connectivity index (χ4v) is 6.88. The predicted octanol–water partition coefficient (Wildman–Crippen LogP) is 4.78. The summed E-state index contributed by atoms with van der Waals surface area (Å²) >= 11 is 12.2. The van der Waals surface area contributed by atoms with E-state index >= 15 is 0 Å². The van der Waals surface area contributed by atoms with Gasteiger partial charge in [0.15, 0.2) is 0 Å². The van der Waals surface area contributed by atoms with Gasteiger partial charge in [0.05, 0.1) is 15.6 Å². The van der Waals surface area contributed by atoms with Gasteiger partial charge in [0.2, 0.25) is 11.8 Å². The first-order chi connectivity index (χ1) is 18.1. The van der Waals surface area contributed by atoms with Crippen LogP contribution in [0.25, 0.3) is 0 Å². The molecule has 0 saturated heterocycles. The lowest BCUT2D eigenvalue weighted by atomic mass is 9.95. The van der Waals surface area contributed by atoms with Crippen molar-refractivity contribution in [2.45, 2.75) is 75.4 Å². The Kier molecular flexibility index (Phi) is 9.00. The van der Waals surface area contributed by atoms with Crippen LogP contribution in [0, 0.1) is 0 Å². The Morgan fingerprint density at radius 1 is 1.08 bits per heavy atom. The Labute approximate surface area is 233 Å². The fourth-order valence-electron chi connectivity index (χ4n) is 4.96.